The number of carbonyl (C=O) groups excluding carboxylic acids is 5. The lowest BCUT2D eigenvalue weighted by atomic mass is 10.0. The Balaban J connectivity index is 1.48. The van der Waals surface area contributed by atoms with E-state index in [1.807, 2.05) is 0 Å². The van der Waals surface area contributed by atoms with Gasteiger partial charge in [-0.1, -0.05) is 96.2 Å². The summed E-state index contributed by atoms with van der Waals surface area (Å²) in [5, 5.41) is 13.9. The first-order valence-corrected chi connectivity index (χ1v) is 16.9. The number of hydrogen-bond acceptors (Lipinski definition) is 13. The molecule has 14 nitrogen and oxygen atoms in total. The molecule has 5 aromatic carbocycles. The van der Waals surface area contributed by atoms with Gasteiger partial charge in [0, 0.05) is 0 Å². The average Bonchev–Trinajstić information content (AvgIpc) is 3.79. The van der Waals surface area contributed by atoms with Crippen LogP contribution in [0.15, 0.2) is 152 Å². The van der Waals surface area contributed by atoms with Crippen LogP contribution in [0.3, 0.4) is 0 Å². The number of hydrogen-bond donors (Lipinski definition) is 1. The van der Waals surface area contributed by atoms with E-state index in [0.29, 0.717) is 0 Å². The van der Waals surface area contributed by atoms with Gasteiger partial charge in [-0.05, 0) is 60.7 Å². The minimum absolute atomic E-state index is 0.0624. The van der Waals surface area contributed by atoms with E-state index in [0.717, 1.165) is 0 Å². The van der Waals surface area contributed by atoms with Crippen molar-refractivity contribution < 1.29 is 47.7 Å². The fourth-order valence-corrected chi connectivity index (χ4v) is 5.29. The maximum Gasteiger partial charge on any atom is 0.338 e. The molecule has 14 heteroatoms. The van der Waals surface area contributed by atoms with Gasteiger partial charge in [0.2, 0.25) is 11.9 Å². The first-order chi connectivity index (χ1) is 26.9. The molecule has 1 N–H and O–H groups in total. The maximum absolute atomic E-state index is 13.9. The van der Waals surface area contributed by atoms with Crippen LogP contribution < -0.4 is 0 Å². The van der Waals surface area contributed by atoms with Gasteiger partial charge in [0.15, 0.2) is 18.3 Å². The van der Waals surface area contributed by atoms with Crippen LogP contribution in [-0.4, -0.2) is 75.4 Å². The van der Waals surface area contributed by atoms with E-state index >= 15 is 0 Å². The zero-order valence-electron chi connectivity index (χ0n) is 28.9. The van der Waals surface area contributed by atoms with Gasteiger partial charge >= 0.3 is 29.8 Å². The molecule has 0 aliphatic heterocycles. The highest BCUT2D eigenvalue weighted by molar-refractivity contribution is 5.92. The summed E-state index contributed by atoms with van der Waals surface area (Å²) in [6.45, 7) is -0.732. The maximum atomic E-state index is 13.9. The predicted molar refractivity (Wildman–Crippen MR) is 192 cm³/mol. The summed E-state index contributed by atoms with van der Waals surface area (Å²) in [4.78, 5) is 68.5. The van der Waals surface area contributed by atoms with Crippen molar-refractivity contribution in [2.45, 2.75) is 24.4 Å². The summed E-state index contributed by atoms with van der Waals surface area (Å²) in [7, 11) is 0. The summed E-state index contributed by atoms with van der Waals surface area (Å²) < 4.78 is 29.7. The molecule has 0 spiro atoms. The van der Waals surface area contributed by atoms with Crippen molar-refractivity contribution >= 4 is 29.8 Å². The summed E-state index contributed by atoms with van der Waals surface area (Å²) in [6, 6.07) is 39.4. The number of rotatable bonds is 15. The Morgan fingerprint density at radius 2 is 0.818 bits per heavy atom. The van der Waals surface area contributed by atoms with Crippen molar-refractivity contribution in [2.24, 2.45) is 0 Å². The van der Waals surface area contributed by atoms with E-state index in [4.69, 9.17) is 23.7 Å². The summed E-state index contributed by atoms with van der Waals surface area (Å²) in [6.07, 6.45) is -7.24. The summed E-state index contributed by atoms with van der Waals surface area (Å²) >= 11 is 0. The number of ether oxygens (including phenoxy) is 5. The van der Waals surface area contributed by atoms with Gasteiger partial charge in [-0.15, -0.1) is 10.2 Å². The van der Waals surface area contributed by atoms with E-state index in [1.54, 1.807) is 91.0 Å². The minimum atomic E-state index is -1.88. The number of carbonyl (C=O) groups is 5. The second-order valence-electron chi connectivity index (χ2n) is 11.7. The van der Waals surface area contributed by atoms with Crippen molar-refractivity contribution in [3.05, 3.63) is 185 Å². The van der Waals surface area contributed by atoms with Crippen LogP contribution >= 0.6 is 0 Å². The third-order valence-electron chi connectivity index (χ3n) is 8.01. The number of nitrogens with one attached hydrogen (secondary N) is 1. The van der Waals surface area contributed by atoms with Gasteiger partial charge in [0.25, 0.3) is 0 Å². The third kappa shape index (κ3) is 9.90. The first kappa shape index (κ1) is 37.3. The molecule has 0 radical (unpaired) electrons. The van der Waals surface area contributed by atoms with E-state index in [2.05, 4.69) is 20.6 Å². The average molecular weight is 741 g/mol. The van der Waals surface area contributed by atoms with Gasteiger partial charge in [-0.25, -0.2) is 24.0 Å². The van der Waals surface area contributed by atoms with Crippen LogP contribution in [0.25, 0.3) is 0 Å². The molecule has 0 bridgehead atoms. The molecular weight excluding hydrogens is 708 g/mol. The highest BCUT2D eigenvalue weighted by Gasteiger charge is 2.48. The molecule has 0 aliphatic rings. The van der Waals surface area contributed by atoms with E-state index < -0.39 is 60.9 Å². The van der Waals surface area contributed by atoms with Gasteiger partial charge < -0.3 is 23.7 Å². The number of H-pyrrole nitrogens is 1. The normalized spacial score (nSPS) is 12.9. The molecule has 0 unspecified atom stereocenters. The van der Waals surface area contributed by atoms with Crippen molar-refractivity contribution in [3.8, 4) is 0 Å². The second-order valence-corrected chi connectivity index (χ2v) is 11.7. The van der Waals surface area contributed by atoms with Gasteiger partial charge in [0.1, 0.15) is 6.61 Å². The summed E-state index contributed by atoms with van der Waals surface area (Å²) in [5.74, 6) is -4.83. The smallest absolute Gasteiger partial charge is 0.338 e. The lowest BCUT2D eigenvalue weighted by Gasteiger charge is -2.35. The third-order valence-corrected chi connectivity index (χ3v) is 8.01. The lowest BCUT2D eigenvalue weighted by Crippen LogP contribution is -2.51. The Bertz CT molecular complexity index is 2170. The van der Waals surface area contributed by atoms with E-state index in [9.17, 15) is 24.0 Å². The molecule has 0 saturated carbocycles. The highest BCUT2D eigenvalue weighted by atomic mass is 16.6. The monoisotopic (exact) mass is 740 g/mol. The van der Waals surface area contributed by atoms with Crippen molar-refractivity contribution in [3.63, 3.8) is 0 Å². The molecule has 1 heterocycles. The Hall–Kier alpha value is -7.48. The minimum Gasteiger partial charge on any atom is -0.458 e. The van der Waals surface area contributed by atoms with Crippen molar-refractivity contribution in [1.29, 1.82) is 0 Å². The predicted octanol–water partition coefficient (Wildman–Crippen LogP) is 5.63. The standard InChI is InChI=1S/C41H32N4O10/c46-37(27-16-6-1-7-17-27)51-26-32(52-38(47)28-18-8-2-9-19-28)33(53-39(48)29-20-10-3-11-21-29)34(54-40(49)30-22-12-4-13-23-30)35(36-42-44-45-43-36)55-41(50)31-24-14-5-15-25-31/h1-25,32-35H,26H2,(H,42,43,44,45)/t32-,33+,34+,35-/m1/s1. The molecule has 0 amide bonds. The van der Waals surface area contributed by atoms with Crippen LogP contribution in [0.4, 0.5) is 0 Å². The molecule has 4 atom stereocenters. The fraction of sp³-hybridized carbons (Fsp3) is 0.122. The molecule has 0 fully saturated rings. The number of benzene rings is 5. The van der Waals surface area contributed by atoms with Crippen LogP contribution in [-0.2, 0) is 23.7 Å². The van der Waals surface area contributed by atoms with Crippen molar-refractivity contribution in [2.75, 3.05) is 6.61 Å². The fourth-order valence-electron chi connectivity index (χ4n) is 5.29. The molecule has 55 heavy (non-hydrogen) atoms. The molecule has 6 rings (SSSR count). The number of tetrazole rings is 1. The largest absolute Gasteiger partial charge is 0.458 e. The molecule has 276 valence electrons. The van der Waals surface area contributed by atoms with Gasteiger partial charge in [-0.3, -0.25) is 0 Å². The highest BCUT2D eigenvalue weighted by Crippen LogP contribution is 2.31. The number of nitrogens with zero attached hydrogens (tertiary/aromatic N) is 3. The number of aromatic nitrogens is 4. The summed E-state index contributed by atoms with van der Waals surface area (Å²) in [5.41, 5.74) is 0.494. The Kier molecular flexibility index (Phi) is 12.4. The Labute approximate surface area is 314 Å². The topological polar surface area (TPSA) is 186 Å². The lowest BCUT2D eigenvalue weighted by molar-refractivity contribution is -0.134. The van der Waals surface area contributed by atoms with Crippen LogP contribution in [0.2, 0.25) is 0 Å². The first-order valence-electron chi connectivity index (χ1n) is 16.9. The zero-order valence-corrected chi connectivity index (χ0v) is 28.9. The Morgan fingerprint density at radius 1 is 0.455 bits per heavy atom. The van der Waals surface area contributed by atoms with Crippen LogP contribution in [0, 0.1) is 0 Å². The van der Waals surface area contributed by atoms with E-state index in [1.165, 1.54) is 60.7 Å². The van der Waals surface area contributed by atoms with Crippen molar-refractivity contribution in [1.82, 2.24) is 20.6 Å². The quantitative estimate of drug-likeness (QED) is 0.101. The zero-order chi connectivity index (χ0) is 38.4. The molecule has 0 aliphatic carbocycles. The molecule has 0 saturated heterocycles. The Morgan fingerprint density at radius 3 is 1.22 bits per heavy atom. The van der Waals surface area contributed by atoms with E-state index in [-0.39, 0.29) is 33.6 Å². The van der Waals surface area contributed by atoms with Gasteiger partial charge in [-0.2, -0.15) is 5.21 Å². The SMILES string of the molecule is O=C(OC[C@@H](OC(=O)c1ccccc1)[C@H](OC(=O)c1ccccc1)[C@H](OC(=O)c1ccccc1)[C@@H](OC(=O)c1ccccc1)c1nn[nH]n1)c1ccccc1. The second kappa shape index (κ2) is 18.3. The molecule has 6 aromatic rings. The molecular formula is C41H32N4O10. The number of aromatic amines is 1. The number of esters is 5. The van der Waals surface area contributed by atoms with Gasteiger partial charge in [0.05, 0.1) is 27.8 Å². The van der Waals surface area contributed by atoms with Crippen LogP contribution in [0.1, 0.15) is 63.7 Å². The van der Waals surface area contributed by atoms with Crippen LogP contribution in [0.5, 0.6) is 0 Å². The molecule has 1 aromatic heterocycles.